The predicted octanol–water partition coefficient (Wildman–Crippen LogP) is 14.3. The van der Waals surface area contributed by atoms with Gasteiger partial charge >= 0.3 is 0 Å². The number of hydrogen-bond acceptors (Lipinski definition) is 4. The number of benzene rings is 9. The Morgan fingerprint density at radius 1 is 0.417 bits per heavy atom. The molecule has 6 heteroatoms. The maximum atomic E-state index is 6.62. The van der Waals surface area contributed by atoms with Crippen molar-refractivity contribution in [2.75, 3.05) is 0 Å². The zero-order chi connectivity index (χ0) is 39.1. The molecule has 0 bridgehead atoms. The molecule has 0 saturated heterocycles. The summed E-state index contributed by atoms with van der Waals surface area (Å²) in [6, 6.07) is 64.1. The molecule has 0 atom stereocenters. The number of hydrogen-bond donors (Lipinski definition) is 0. The van der Waals surface area contributed by atoms with Crippen LogP contribution in [-0.4, -0.2) is 19.1 Å². The van der Waals surface area contributed by atoms with Gasteiger partial charge in [-0.05, 0) is 71.4 Å². The monoisotopic (exact) mass is 766 g/mol. The second-order valence-electron chi connectivity index (χ2n) is 15.7. The molecule has 0 fully saturated rings. The third-order valence-electron chi connectivity index (χ3n) is 12.5. The lowest BCUT2D eigenvalue weighted by molar-refractivity contribution is 0.486. The van der Waals surface area contributed by atoms with E-state index < -0.39 is 0 Å². The highest BCUT2D eigenvalue weighted by Gasteiger charge is 2.28. The highest BCUT2D eigenvalue weighted by atomic mass is 16.5. The fourth-order valence-electron chi connectivity index (χ4n) is 9.93. The van der Waals surface area contributed by atoms with Crippen LogP contribution in [0, 0.1) is 0 Å². The SMILES string of the molecule is c1ccc2c(c1)Oc1ccc(-c3cccc4c3oc3ccccc34)c3nc(-n4c5ccccc5c5c4ccc4c6ccccc6n(-c6ccc7ccccc7c6)c45)nc-2c13. The molecular formula is C54H30N4O2. The van der Waals surface area contributed by atoms with Crippen molar-refractivity contribution in [3.8, 4) is 45.5 Å². The van der Waals surface area contributed by atoms with Gasteiger partial charge in [0, 0.05) is 54.7 Å². The van der Waals surface area contributed by atoms with Crippen LogP contribution in [0.15, 0.2) is 186 Å². The van der Waals surface area contributed by atoms with Crippen molar-refractivity contribution >= 4 is 87.2 Å². The van der Waals surface area contributed by atoms with Crippen molar-refractivity contribution in [3.63, 3.8) is 0 Å². The fourth-order valence-corrected chi connectivity index (χ4v) is 9.93. The summed E-state index contributed by atoms with van der Waals surface area (Å²) in [7, 11) is 0. The van der Waals surface area contributed by atoms with Gasteiger partial charge in [0.25, 0.3) is 0 Å². The Labute approximate surface area is 341 Å². The zero-order valence-electron chi connectivity index (χ0n) is 31.9. The first-order valence-electron chi connectivity index (χ1n) is 20.2. The first kappa shape index (κ1) is 31.8. The summed E-state index contributed by atoms with van der Waals surface area (Å²) in [5.41, 5.74) is 11.6. The molecule has 0 radical (unpaired) electrons. The minimum Gasteiger partial charge on any atom is -0.456 e. The summed E-state index contributed by atoms with van der Waals surface area (Å²) in [5, 5.41) is 10.1. The Morgan fingerprint density at radius 2 is 1.15 bits per heavy atom. The molecule has 4 aromatic heterocycles. The molecule has 0 saturated carbocycles. The topological polar surface area (TPSA) is 58.0 Å². The predicted molar refractivity (Wildman–Crippen MR) is 244 cm³/mol. The van der Waals surface area contributed by atoms with E-state index >= 15 is 0 Å². The average Bonchev–Trinajstić information content (AvgIpc) is 3.97. The largest absolute Gasteiger partial charge is 0.456 e. The van der Waals surface area contributed by atoms with Gasteiger partial charge in [-0.25, -0.2) is 9.97 Å². The highest BCUT2D eigenvalue weighted by Crippen LogP contribution is 2.49. The van der Waals surface area contributed by atoms with Crippen LogP contribution in [0.25, 0.3) is 121 Å². The number of para-hydroxylation sites is 5. The van der Waals surface area contributed by atoms with Crippen molar-refractivity contribution in [1.82, 2.24) is 19.1 Å². The first-order chi connectivity index (χ1) is 29.8. The lowest BCUT2D eigenvalue weighted by Crippen LogP contribution is -2.07. The van der Waals surface area contributed by atoms with Crippen LogP contribution >= 0.6 is 0 Å². The minimum absolute atomic E-state index is 0.586. The molecule has 14 rings (SSSR count). The number of fused-ring (bicyclic) bond motifs is 13. The van der Waals surface area contributed by atoms with E-state index in [2.05, 4.69) is 155 Å². The molecule has 1 aliphatic rings. The van der Waals surface area contributed by atoms with Crippen LogP contribution in [0.5, 0.6) is 11.5 Å². The van der Waals surface area contributed by atoms with E-state index in [4.69, 9.17) is 19.1 Å². The highest BCUT2D eigenvalue weighted by molar-refractivity contribution is 6.26. The molecule has 6 nitrogen and oxygen atoms in total. The summed E-state index contributed by atoms with van der Waals surface area (Å²) < 4.78 is 17.9. The van der Waals surface area contributed by atoms with Crippen molar-refractivity contribution in [2.45, 2.75) is 0 Å². The maximum absolute atomic E-state index is 6.62. The average molecular weight is 767 g/mol. The van der Waals surface area contributed by atoms with E-state index in [9.17, 15) is 0 Å². The Kier molecular flexibility index (Phi) is 6.20. The zero-order valence-corrected chi connectivity index (χ0v) is 31.9. The van der Waals surface area contributed by atoms with Gasteiger partial charge in [0.05, 0.1) is 38.7 Å². The molecule has 0 spiro atoms. The first-order valence-corrected chi connectivity index (χ1v) is 20.2. The Balaban J connectivity index is 1.12. The van der Waals surface area contributed by atoms with E-state index in [0.29, 0.717) is 5.95 Å². The molecule has 0 aliphatic carbocycles. The van der Waals surface area contributed by atoms with Crippen molar-refractivity contribution in [2.24, 2.45) is 0 Å². The quantitative estimate of drug-likeness (QED) is 0.180. The van der Waals surface area contributed by atoms with Gasteiger partial charge < -0.3 is 13.7 Å². The van der Waals surface area contributed by atoms with Crippen LogP contribution in [0.1, 0.15) is 0 Å². The Hall–Kier alpha value is -8.22. The molecular weight excluding hydrogens is 737 g/mol. The second-order valence-corrected chi connectivity index (χ2v) is 15.7. The van der Waals surface area contributed by atoms with Crippen LogP contribution in [0.4, 0.5) is 0 Å². The van der Waals surface area contributed by atoms with Crippen LogP contribution in [0.2, 0.25) is 0 Å². The fraction of sp³-hybridized carbons (Fsp3) is 0. The number of aromatic nitrogens is 4. The lowest BCUT2D eigenvalue weighted by atomic mass is 9.95. The summed E-state index contributed by atoms with van der Waals surface area (Å²) in [6.45, 7) is 0. The number of furan rings is 1. The summed E-state index contributed by atoms with van der Waals surface area (Å²) in [6.07, 6.45) is 0. The van der Waals surface area contributed by atoms with Crippen molar-refractivity contribution < 1.29 is 9.15 Å². The molecule has 0 N–H and O–H groups in total. The van der Waals surface area contributed by atoms with E-state index in [1.165, 1.54) is 21.5 Å². The van der Waals surface area contributed by atoms with Crippen LogP contribution < -0.4 is 4.74 Å². The van der Waals surface area contributed by atoms with E-state index in [1.54, 1.807) is 0 Å². The molecule has 0 amide bonds. The number of rotatable bonds is 3. The van der Waals surface area contributed by atoms with E-state index in [1.807, 2.05) is 36.4 Å². The number of ether oxygens (including phenoxy) is 1. The smallest absolute Gasteiger partial charge is 0.235 e. The lowest BCUT2D eigenvalue weighted by Gasteiger charge is -2.22. The van der Waals surface area contributed by atoms with E-state index in [0.717, 1.165) is 105 Å². The molecule has 278 valence electrons. The molecule has 5 heterocycles. The van der Waals surface area contributed by atoms with Crippen molar-refractivity contribution in [1.29, 1.82) is 0 Å². The van der Waals surface area contributed by atoms with Gasteiger partial charge in [0.2, 0.25) is 5.95 Å². The molecule has 1 aliphatic heterocycles. The van der Waals surface area contributed by atoms with Gasteiger partial charge in [-0.15, -0.1) is 0 Å². The molecule has 13 aromatic rings. The molecule has 60 heavy (non-hydrogen) atoms. The minimum atomic E-state index is 0.586. The third-order valence-corrected chi connectivity index (χ3v) is 12.5. The summed E-state index contributed by atoms with van der Waals surface area (Å²) >= 11 is 0. The van der Waals surface area contributed by atoms with Gasteiger partial charge in [-0.2, -0.15) is 0 Å². The second kappa shape index (κ2) is 11.7. The number of nitrogens with zero attached hydrogens (tertiary/aromatic N) is 4. The van der Waals surface area contributed by atoms with Gasteiger partial charge in [-0.3, -0.25) is 4.57 Å². The van der Waals surface area contributed by atoms with Gasteiger partial charge in [0.15, 0.2) is 0 Å². The summed E-state index contributed by atoms with van der Waals surface area (Å²) in [4.78, 5) is 11.1. The third kappa shape index (κ3) is 4.21. The Bertz CT molecular complexity index is 4000. The van der Waals surface area contributed by atoms with Crippen LogP contribution in [-0.2, 0) is 0 Å². The maximum Gasteiger partial charge on any atom is 0.235 e. The van der Waals surface area contributed by atoms with E-state index in [-0.39, 0.29) is 0 Å². The van der Waals surface area contributed by atoms with Gasteiger partial charge in [-0.1, -0.05) is 121 Å². The standard InChI is InChI=1S/C54H30N4O2/c1-2-13-32-30-33(25-24-31(32)12-1)57-42-20-7-3-14-34(42)37-26-28-44-48(52(37)57)40-16-4-8-21-43(40)58(44)54-55-50-36(39-19-11-18-38-35-15-5-9-22-45(35)60-53(38)39)27-29-47-49(50)51(56-54)41-17-6-10-23-46(41)59-47/h1-30H. The Morgan fingerprint density at radius 3 is 2.07 bits per heavy atom. The molecule has 9 aromatic carbocycles. The van der Waals surface area contributed by atoms with Crippen LogP contribution in [0.3, 0.4) is 0 Å². The van der Waals surface area contributed by atoms with Crippen molar-refractivity contribution in [3.05, 3.63) is 182 Å². The molecule has 0 unspecified atom stereocenters. The normalized spacial score (nSPS) is 12.5. The van der Waals surface area contributed by atoms with Gasteiger partial charge in [0.1, 0.15) is 22.7 Å². The summed E-state index contributed by atoms with van der Waals surface area (Å²) in [5.74, 6) is 2.09.